The lowest BCUT2D eigenvalue weighted by molar-refractivity contribution is 0.669. The molecule has 0 fully saturated rings. The Balaban J connectivity index is 1.05. The Morgan fingerprint density at radius 3 is 1.52 bits per heavy atom. The molecule has 0 aliphatic rings. The molecule has 0 saturated heterocycles. The summed E-state index contributed by atoms with van der Waals surface area (Å²) in [5, 5.41) is 9.58. The second-order valence-electron chi connectivity index (χ2n) is 16.0. The van der Waals surface area contributed by atoms with E-state index in [9.17, 15) is 0 Å². The van der Waals surface area contributed by atoms with Gasteiger partial charge in [0, 0.05) is 16.8 Å². The zero-order valence-corrected chi connectivity index (χ0v) is 33.9. The van der Waals surface area contributed by atoms with Crippen molar-refractivity contribution in [1.29, 1.82) is 0 Å². The maximum atomic E-state index is 6.49. The number of rotatable bonds is 7. The summed E-state index contributed by atoms with van der Waals surface area (Å²) in [6.07, 6.45) is 0. The van der Waals surface area contributed by atoms with E-state index in [1.165, 1.54) is 71.3 Å². The van der Waals surface area contributed by atoms with Gasteiger partial charge in [-0.1, -0.05) is 188 Å². The summed E-state index contributed by atoms with van der Waals surface area (Å²) in [4.78, 5) is 2.41. The molecule has 0 radical (unpaired) electrons. The number of furan rings is 1. The van der Waals surface area contributed by atoms with E-state index in [2.05, 4.69) is 235 Å². The fraction of sp³-hybridized carbons (Fsp3) is 0. The molecule has 2 nitrogen and oxygen atoms in total. The maximum Gasteiger partial charge on any atom is 0.137 e. The lowest BCUT2D eigenvalue weighted by Crippen LogP contribution is -2.10. The van der Waals surface area contributed by atoms with Gasteiger partial charge in [0.05, 0.1) is 11.1 Å². The Hall–Kier alpha value is -8.20. The fourth-order valence-electron chi connectivity index (χ4n) is 9.52. The summed E-state index contributed by atoms with van der Waals surface area (Å²) in [7, 11) is 0. The molecule has 0 aliphatic carbocycles. The molecule has 1 heterocycles. The van der Waals surface area contributed by atoms with E-state index in [1.807, 2.05) is 6.07 Å². The van der Waals surface area contributed by atoms with E-state index in [0.717, 1.165) is 44.6 Å². The lowest BCUT2D eigenvalue weighted by Gasteiger charge is -2.28. The van der Waals surface area contributed by atoms with Crippen LogP contribution in [-0.2, 0) is 0 Å². The predicted molar refractivity (Wildman–Crippen MR) is 263 cm³/mol. The molecule has 12 aromatic rings. The molecular formula is C60H39NO. The third-order valence-electron chi connectivity index (χ3n) is 12.4. The van der Waals surface area contributed by atoms with E-state index >= 15 is 0 Å². The quantitative estimate of drug-likeness (QED) is 0.150. The van der Waals surface area contributed by atoms with E-state index in [4.69, 9.17) is 4.42 Å². The van der Waals surface area contributed by atoms with Crippen molar-refractivity contribution >= 4 is 71.3 Å². The van der Waals surface area contributed by atoms with Gasteiger partial charge in [-0.15, -0.1) is 0 Å². The first-order chi connectivity index (χ1) is 30.7. The number of fused-ring (bicyclic) bond motifs is 7. The minimum Gasteiger partial charge on any atom is -0.456 e. The number of para-hydroxylation sites is 1. The predicted octanol–water partition coefficient (Wildman–Crippen LogP) is 17.2. The van der Waals surface area contributed by atoms with Gasteiger partial charge in [0.25, 0.3) is 0 Å². The zero-order chi connectivity index (χ0) is 41.0. The van der Waals surface area contributed by atoms with Crippen molar-refractivity contribution in [2.75, 3.05) is 4.90 Å². The smallest absolute Gasteiger partial charge is 0.137 e. The molecular weight excluding hydrogens is 751 g/mol. The normalized spacial score (nSPS) is 11.5. The summed E-state index contributed by atoms with van der Waals surface area (Å²) in [5.41, 5.74) is 14.5. The van der Waals surface area contributed by atoms with Crippen LogP contribution >= 0.6 is 0 Å². The van der Waals surface area contributed by atoms with E-state index < -0.39 is 0 Å². The summed E-state index contributed by atoms with van der Waals surface area (Å²) >= 11 is 0. The first-order valence-electron chi connectivity index (χ1n) is 21.2. The van der Waals surface area contributed by atoms with Crippen molar-refractivity contribution in [3.63, 3.8) is 0 Å². The van der Waals surface area contributed by atoms with Crippen LogP contribution in [0, 0.1) is 0 Å². The molecule has 11 aromatic carbocycles. The Bertz CT molecular complexity index is 3610. The first kappa shape index (κ1) is 35.7. The van der Waals surface area contributed by atoms with Gasteiger partial charge in [-0.3, -0.25) is 0 Å². The highest BCUT2D eigenvalue weighted by atomic mass is 16.3. The number of benzene rings is 11. The van der Waals surface area contributed by atoms with Crippen LogP contribution in [0.4, 0.5) is 17.1 Å². The van der Waals surface area contributed by atoms with E-state index in [-0.39, 0.29) is 0 Å². The monoisotopic (exact) mass is 789 g/mol. The molecule has 0 N–H and O–H groups in total. The molecule has 0 spiro atoms. The summed E-state index contributed by atoms with van der Waals surface area (Å²) in [6, 6.07) is 85.5. The van der Waals surface area contributed by atoms with E-state index in [0.29, 0.717) is 0 Å². The third kappa shape index (κ3) is 6.04. The molecule has 0 atom stereocenters. The van der Waals surface area contributed by atoms with Crippen molar-refractivity contribution < 1.29 is 4.42 Å². The van der Waals surface area contributed by atoms with Crippen LogP contribution < -0.4 is 4.90 Å². The Kier molecular flexibility index (Phi) is 8.53. The molecule has 1 aromatic heterocycles. The highest BCUT2D eigenvalue weighted by Crippen LogP contribution is 2.48. The summed E-state index contributed by atoms with van der Waals surface area (Å²) in [6.45, 7) is 0. The number of hydrogen-bond donors (Lipinski definition) is 0. The van der Waals surface area contributed by atoms with Gasteiger partial charge in [-0.2, -0.15) is 0 Å². The van der Waals surface area contributed by atoms with Gasteiger partial charge < -0.3 is 9.32 Å². The molecule has 0 unspecified atom stereocenters. The highest BCUT2D eigenvalue weighted by molar-refractivity contribution is 6.22. The van der Waals surface area contributed by atoms with Crippen LogP contribution in [0.15, 0.2) is 241 Å². The van der Waals surface area contributed by atoms with Gasteiger partial charge in [0.1, 0.15) is 11.2 Å². The maximum absolute atomic E-state index is 6.49. The molecule has 0 aliphatic heterocycles. The van der Waals surface area contributed by atoms with Gasteiger partial charge in [0.15, 0.2) is 0 Å². The first-order valence-corrected chi connectivity index (χ1v) is 21.2. The van der Waals surface area contributed by atoms with Crippen molar-refractivity contribution in [3.05, 3.63) is 237 Å². The Labute approximate surface area is 360 Å². The molecule has 0 amide bonds. The van der Waals surface area contributed by atoms with Crippen LogP contribution in [0.5, 0.6) is 0 Å². The Morgan fingerprint density at radius 2 is 0.790 bits per heavy atom. The van der Waals surface area contributed by atoms with Crippen molar-refractivity contribution in [1.82, 2.24) is 0 Å². The summed E-state index contributed by atoms with van der Waals surface area (Å²) < 4.78 is 6.49. The van der Waals surface area contributed by atoms with Crippen LogP contribution in [0.25, 0.3) is 98.8 Å². The fourth-order valence-corrected chi connectivity index (χ4v) is 9.52. The van der Waals surface area contributed by atoms with Crippen LogP contribution in [0.2, 0.25) is 0 Å². The average Bonchev–Trinajstić information content (AvgIpc) is 3.74. The minimum atomic E-state index is 0.861. The third-order valence-corrected chi connectivity index (χ3v) is 12.4. The molecule has 62 heavy (non-hydrogen) atoms. The molecule has 2 heteroatoms. The summed E-state index contributed by atoms with van der Waals surface area (Å²) in [5.74, 6) is 0. The number of anilines is 3. The zero-order valence-electron chi connectivity index (χ0n) is 33.9. The van der Waals surface area contributed by atoms with Crippen molar-refractivity contribution in [3.8, 4) is 44.5 Å². The lowest BCUT2D eigenvalue weighted by atomic mass is 9.85. The standard InChI is InChI=1S/C60H39NO/c1-3-15-44(16-4-1)58-52-21-10-9-20-50(52)51-37-36-49(39-54(51)59(58)45-17-5-2-6-18-45)61(55-23-13-25-57-60(55)53-22-11-12-24-56(53)62-57)48-34-32-42(33-35-48)41-26-28-43(29-27-41)47-31-30-40-14-7-8-19-46(40)38-47/h1-39H. The van der Waals surface area contributed by atoms with Gasteiger partial charge >= 0.3 is 0 Å². The van der Waals surface area contributed by atoms with Gasteiger partial charge in [0.2, 0.25) is 0 Å². The topological polar surface area (TPSA) is 16.4 Å². The van der Waals surface area contributed by atoms with Gasteiger partial charge in [-0.25, -0.2) is 0 Å². The largest absolute Gasteiger partial charge is 0.456 e. The number of hydrogen-bond acceptors (Lipinski definition) is 2. The van der Waals surface area contributed by atoms with Crippen LogP contribution in [-0.4, -0.2) is 0 Å². The molecule has 0 saturated carbocycles. The SMILES string of the molecule is c1ccc(-c2c(-c3ccccc3)c3cc(N(c4ccc(-c5ccc(-c6ccc7ccccc7c6)cc5)cc4)c4cccc5oc6ccccc6c45)ccc3c3ccccc23)cc1. The van der Waals surface area contributed by atoms with Crippen molar-refractivity contribution in [2.24, 2.45) is 0 Å². The van der Waals surface area contributed by atoms with E-state index in [1.54, 1.807) is 0 Å². The van der Waals surface area contributed by atoms with Crippen LogP contribution in [0.1, 0.15) is 0 Å². The van der Waals surface area contributed by atoms with Crippen molar-refractivity contribution in [2.45, 2.75) is 0 Å². The molecule has 0 bridgehead atoms. The minimum absolute atomic E-state index is 0.861. The Morgan fingerprint density at radius 1 is 0.274 bits per heavy atom. The van der Waals surface area contributed by atoms with Crippen LogP contribution in [0.3, 0.4) is 0 Å². The molecule has 12 rings (SSSR count). The molecule has 290 valence electrons. The second kappa shape index (κ2) is 14.8. The van der Waals surface area contributed by atoms with Gasteiger partial charge in [-0.05, 0) is 125 Å². The second-order valence-corrected chi connectivity index (χ2v) is 16.0. The average molecular weight is 790 g/mol. The highest BCUT2D eigenvalue weighted by Gasteiger charge is 2.23. The number of nitrogens with zero attached hydrogens (tertiary/aromatic N) is 1.